The van der Waals surface area contributed by atoms with Gasteiger partial charge in [0.1, 0.15) is 5.82 Å². The summed E-state index contributed by atoms with van der Waals surface area (Å²) in [6.07, 6.45) is 3.86. The fourth-order valence-corrected chi connectivity index (χ4v) is 3.19. The SMILES string of the molecule is Cc1cc(Nc2cccc3cccnc23)nc(NCCCc2ccccc2)n1. The van der Waals surface area contributed by atoms with Crippen LogP contribution in [0.15, 0.2) is 72.9 Å². The van der Waals surface area contributed by atoms with Crippen molar-refractivity contribution >= 4 is 28.4 Å². The second kappa shape index (κ2) is 8.48. The lowest BCUT2D eigenvalue weighted by Crippen LogP contribution is -2.08. The Morgan fingerprint density at radius 3 is 2.64 bits per heavy atom. The summed E-state index contributed by atoms with van der Waals surface area (Å²) in [7, 11) is 0. The van der Waals surface area contributed by atoms with Gasteiger partial charge < -0.3 is 10.6 Å². The molecule has 0 radical (unpaired) electrons. The van der Waals surface area contributed by atoms with E-state index >= 15 is 0 Å². The summed E-state index contributed by atoms with van der Waals surface area (Å²) in [6.45, 7) is 2.80. The molecule has 140 valence electrons. The monoisotopic (exact) mass is 369 g/mol. The third-order valence-electron chi connectivity index (χ3n) is 4.52. The predicted molar refractivity (Wildman–Crippen MR) is 115 cm³/mol. The van der Waals surface area contributed by atoms with Crippen molar-refractivity contribution in [3.63, 3.8) is 0 Å². The minimum Gasteiger partial charge on any atom is -0.354 e. The van der Waals surface area contributed by atoms with Gasteiger partial charge in [-0.05, 0) is 37.5 Å². The van der Waals surface area contributed by atoms with Crippen molar-refractivity contribution in [2.24, 2.45) is 0 Å². The van der Waals surface area contributed by atoms with Gasteiger partial charge in [0, 0.05) is 29.9 Å². The summed E-state index contributed by atoms with van der Waals surface area (Å²) in [6, 6.07) is 22.5. The first-order chi connectivity index (χ1) is 13.8. The normalized spacial score (nSPS) is 10.8. The standard InChI is InChI=1S/C23H23N5/c1-17-16-21(27-20-13-5-11-19-12-7-14-24-22(19)20)28-23(26-17)25-15-6-10-18-8-3-2-4-9-18/h2-5,7-9,11-14,16H,6,10,15H2,1H3,(H2,25,26,27,28). The zero-order chi connectivity index (χ0) is 19.2. The Morgan fingerprint density at radius 1 is 0.893 bits per heavy atom. The zero-order valence-corrected chi connectivity index (χ0v) is 15.9. The van der Waals surface area contributed by atoms with E-state index in [1.807, 2.05) is 37.3 Å². The average molecular weight is 369 g/mol. The van der Waals surface area contributed by atoms with Gasteiger partial charge in [-0.15, -0.1) is 0 Å². The van der Waals surface area contributed by atoms with E-state index in [-0.39, 0.29) is 0 Å². The number of hydrogen-bond acceptors (Lipinski definition) is 5. The van der Waals surface area contributed by atoms with Crippen LogP contribution in [0, 0.1) is 6.92 Å². The Balaban J connectivity index is 1.43. The number of nitrogens with zero attached hydrogens (tertiary/aromatic N) is 3. The van der Waals surface area contributed by atoms with E-state index in [1.165, 1.54) is 5.56 Å². The van der Waals surface area contributed by atoms with Gasteiger partial charge in [0.15, 0.2) is 0 Å². The molecule has 2 aromatic carbocycles. The molecule has 0 unspecified atom stereocenters. The second-order valence-corrected chi connectivity index (χ2v) is 6.74. The summed E-state index contributed by atoms with van der Waals surface area (Å²) in [5.41, 5.74) is 4.13. The smallest absolute Gasteiger partial charge is 0.224 e. The first kappa shape index (κ1) is 17.9. The maximum Gasteiger partial charge on any atom is 0.224 e. The van der Waals surface area contributed by atoms with E-state index in [0.717, 1.165) is 47.5 Å². The van der Waals surface area contributed by atoms with Gasteiger partial charge in [0.05, 0.1) is 11.2 Å². The molecule has 0 saturated heterocycles. The first-order valence-corrected chi connectivity index (χ1v) is 9.52. The Morgan fingerprint density at radius 2 is 1.75 bits per heavy atom. The number of aryl methyl sites for hydroxylation is 2. The lowest BCUT2D eigenvalue weighted by Gasteiger charge is -2.11. The molecule has 4 rings (SSSR count). The van der Waals surface area contributed by atoms with Crippen LogP contribution in [0.2, 0.25) is 0 Å². The van der Waals surface area contributed by atoms with Gasteiger partial charge in [-0.1, -0.05) is 48.5 Å². The van der Waals surface area contributed by atoms with Crippen LogP contribution in [0.3, 0.4) is 0 Å². The summed E-state index contributed by atoms with van der Waals surface area (Å²) >= 11 is 0. The summed E-state index contributed by atoms with van der Waals surface area (Å²) in [5, 5.41) is 7.83. The largest absolute Gasteiger partial charge is 0.354 e. The molecule has 0 atom stereocenters. The van der Waals surface area contributed by atoms with E-state index in [1.54, 1.807) is 6.20 Å². The molecule has 0 fully saturated rings. The summed E-state index contributed by atoms with van der Waals surface area (Å²) in [5.74, 6) is 1.40. The lowest BCUT2D eigenvalue weighted by molar-refractivity contribution is 0.851. The minimum atomic E-state index is 0.642. The van der Waals surface area contributed by atoms with Gasteiger partial charge >= 0.3 is 0 Å². The number of aromatic nitrogens is 3. The van der Waals surface area contributed by atoms with Crippen LogP contribution in [0.1, 0.15) is 17.7 Å². The van der Waals surface area contributed by atoms with Crippen molar-refractivity contribution in [2.45, 2.75) is 19.8 Å². The molecule has 2 heterocycles. The Labute approximate surface area is 164 Å². The summed E-state index contributed by atoms with van der Waals surface area (Å²) < 4.78 is 0. The fourth-order valence-electron chi connectivity index (χ4n) is 3.19. The van der Waals surface area contributed by atoms with Crippen molar-refractivity contribution in [1.29, 1.82) is 0 Å². The van der Waals surface area contributed by atoms with Gasteiger partial charge in [-0.25, -0.2) is 4.98 Å². The van der Waals surface area contributed by atoms with Crippen molar-refractivity contribution in [3.8, 4) is 0 Å². The van der Waals surface area contributed by atoms with Crippen LogP contribution >= 0.6 is 0 Å². The van der Waals surface area contributed by atoms with E-state index in [9.17, 15) is 0 Å². The van der Waals surface area contributed by atoms with Crippen molar-refractivity contribution in [2.75, 3.05) is 17.2 Å². The number of anilines is 3. The van der Waals surface area contributed by atoms with Gasteiger partial charge in [0.25, 0.3) is 0 Å². The Bertz CT molecular complexity index is 1060. The molecule has 28 heavy (non-hydrogen) atoms. The molecular weight excluding hydrogens is 346 g/mol. The zero-order valence-electron chi connectivity index (χ0n) is 15.9. The predicted octanol–water partition coefficient (Wildman–Crippen LogP) is 5.12. The summed E-state index contributed by atoms with van der Waals surface area (Å²) in [4.78, 5) is 13.6. The topological polar surface area (TPSA) is 62.7 Å². The molecule has 0 saturated carbocycles. The molecule has 0 aliphatic heterocycles. The van der Waals surface area contributed by atoms with Crippen LogP contribution in [0.5, 0.6) is 0 Å². The molecule has 4 aromatic rings. The number of rotatable bonds is 7. The number of para-hydroxylation sites is 1. The maximum absolute atomic E-state index is 4.62. The van der Waals surface area contributed by atoms with Crippen LogP contribution in [0.25, 0.3) is 10.9 Å². The Hall–Kier alpha value is -3.47. The molecule has 0 amide bonds. The van der Waals surface area contributed by atoms with E-state index in [0.29, 0.717) is 5.95 Å². The molecule has 0 aliphatic carbocycles. The highest BCUT2D eigenvalue weighted by atomic mass is 15.1. The average Bonchev–Trinajstić information content (AvgIpc) is 2.72. The molecule has 2 aromatic heterocycles. The fraction of sp³-hybridized carbons (Fsp3) is 0.174. The highest BCUT2D eigenvalue weighted by Gasteiger charge is 2.06. The van der Waals surface area contributed by atoms with E-state index < -0.39 is 0 Å². The lowest BCUT2D eigenvalue weighted by atomic mass is 10.1. The number of fused-ring (bicyclic) bond motifs is 1. The minimum absolute atomic E-state index is 0.642. The molecule has 0 aliphatic rings. The molecular formula is C23H23N5. The van der Waals surface area contributed by atoms with E-state index in [2.05, 4.69) is 62.0 Å². The van der Waals surface area contributed by atoms with Crippen LogP contribution in [-0.4, -0.2) is 21.5 Å². The molecule has 5 nitrogen and oxygen atoms in total. The van der Waals surface area contributed by atoms with E-state index in [4.69, 9.17) is 0 Å². The van der Waals surface area contributed by atoms with Gasteiger partial charge in [0.2, 0.25) is 5.95 Å². The van der Waals surface area contributed by atoms with Crippen LogP contribution < -0.4 is 10.6 Å². The number of benzene rings is 2. The number of pyridine rings is 1. The van der Waals surface area contributed by atoms with Crippen molar-refractivity contribution in [3.05, 3.63) is 84.2 Å². The highest BCUT2D eigenvalue weighted by Crippen LogP contribution is 2.24. The third kappa shape index (κ3) is 4.43. The first-order valence-electron chi connectivity index (χ1n) is 9.52. The maximum atomic E-state index is 4.62. The van der Waals surface area contributed by atoms with Gasteiger partial charge in [-0.2, -0.15) is 4.98 Å². The molecule has 5 heteroatoms. The van der Waals surface area contributed by atoms with Crippen molar-refractivity contribution in [1.82, 2.24) is 15.0 Å². The highest BCUT2D eigenvalue weighted by molar-refractivity contribution is 5.91. The third-order valence-corrected chi connectivity index (χ3v) is 4.52. The second-order valence-electron chi connectivity index (χ2n) is 6.74. The van der Waals surface area contributed by atoms with Crippen LogP contribution in [0.4, 0.5) is 17.5 Å². The number of nitrogens with one attached hydrogen (secondary N) is 2. The van der Waals surface area contributed by atoms with Crippen LogP contribution in [-0.2, 0) is 6.42 Å². The quantitative estimate of drug-likeness (QED) is 0.443. The van der Waals surface area contributed by atoms with Gasteiger partial charge in [-0.3, -0.25) is 4.98 Å². The van der Waals surface area contributed by atoms with Crippen molar-refractivity contribution < 1.29 is 0 Å². The molecule has 0 bridgehead atoms. The Kier molecular flexibility index (Phi) is 5.43. The molecule has 2 N–H and O–H groups in total. The molecule has 0 spiro atoms. The number of hydrogen-bond donors (Lipinski definition) is 2.